The molecule has 5 heteroatoms. The molecule has 1 aromatic heterocycles. The van der Waals surface area contributed by atoms with Crippen LogP contribution in [-0.2, 0) is 13.0 Å². The van der Waals surface area contributed by atoms with Crippen molar-refractivity contribution in [2.24, 2.45) is 0 Å². The molecule has 0 fully saturated rings. The van der Waals surface area contributed by atoms with E-state index in [1.54, 1.807) is 22.8 Å². The molecule has 0 saturated heterocycles. The van der Waals surface area contributed by atoms with Gasteiger partial charge < -0.3 is 5.32 Å². The number of fused-ring (bicyclic) bond motifs is 2. The van der Waals surface area contributed by atoms with Crippen molar-refractivity contribution in [3.8, 4) is 0 Å². The molecule has 29 heavy (non-hydrogen) atoms. The van der Waals surface area contributed by atoms with Crippen molar-refractivity contribution < 1.29 is 4.79 Å². The van der Waals surface area contributed by atoms with Crippen LogP contribution in [0.5, 0.6) is 0 Å². The van der Waals surface area contributed by atoms with Crippen LogP contribution in [0, 0.1) is 6.92 Å². The van der Waals surface area contributed by atoms with Gasteiger partial charge >= 0.3 is 0 Å². The lowest BCUT2D eigenvalue weighted by atomic mass is 10.0. The van der Waals surface area contributed by atoms with Gasteiger partial charge in [0.1, 0.15) is 5.82 Å². The zero-order valence-electron chi connectivity index (χ0n) is 17.1. The van der Waals surface area contributed by atoms with Crippen molar-refractivity contribution in [2.45, 2.75) is 58.5 Å². The zero-order chi connectivity index (χ0) is 20.4. The lowest BCUT2D eigenvalue weighted by molar-refractivity contribution is 0.0935. The third-order valence-corrected chi connectivity index (χ3v) is 5.77. The molecule has 5 nitrogen and oxygen atoms in total. The Labute approximate surface area is 170 Å². The number of nitrogens with zero attached hydrogens (tertiary/aromatic N) is 2. The molecule has 0 unspecified atom stereocenters. The zero-order valence-corrected chi connectivity index (χ0v) is 17.1. The smallest absolute Gasteiger partial charge is 0.261 e. The van der Waals surface area contributed by atoms with E-state index in [9.17, 15) is 9.59 Å². The summed E-state index contributed by atoms with van der Waals surface area (Å²) in [4.78, 5) is 30.5. The molecule has 0 radical (unpaired) electrons. The molecule has 1 amide bonds. The minimum Gasteiger partial charge on any atom is -0.345 e. The predicted octanol–water partition coefficient (Wildman–Crippen LogP) is 4.31. The molecule has 2 aromatic carbocycles. The number of aromatic nitrogens is 2. The van der Waals surface area contributed by atoms with Gasteiger partial charge in [0.15, 0.2) is 0 Å². The second-order valence-electron chi connectivity index (χ2n) is 7.87. The van der Waals surface area contributed by atoms with E-state index in [1.807, 2.05) is 0 Å². The second kappa shape index (κ2) is 8.19. The van der Waals surface area contributed by atoms with Gasteiger partial charge in [0.25, 0.3) is 11.5 Å². The summed E-state index contributed by atoms with van der Waals surface area (Å²) in [7, 11) is 0. The van der Waals surface area contributed by atoms with Crippen LogP contribution in [0.3, 0.4) is 0 Å². The van der Waals surface area contributed by atoms with Gasteiger partial charge in [-0.05, 0) is 49.9 Å². The first-order chi connectivity index (χ1) is 14.1. The highest BCUT2D eigenvalue weighted by molar-refractivity contribution is 5.97. The topological polar surface area (TPSA) is 64.0 Å². The van der Waals surface area contributed by atoms with Crippen molar-refractivity contribution in [3.63, 3.8) is 0 Å². The fraction of sp³-hybridized carbons (Fsp3) is 0.375. The van der Waals surface area contributed by atoms with Crippen LogP contribution in [0.1, 0.15) is 66.0 Å². The molecule has 1 aliphatic rings. The van der Waals surface area contributed by atoms with E-state index in [4.69, 9.17) is 4.98 Å². The Morgan fingerprint density at radius 3 is 2.69 bits per heavy atom. The molecule has 0 saturated carbocycles. The number of hydrogen-bond donors (Lipinski definition) is 1. The lowest BCUT2D eigenvalue weighted by Crippen LogP contribution is -2.28. The van der Waals surface area contributed by atoms with E-state index >= 15 is 0 Å². The van der Waals surface area contributed by atoms with E-state index in [1.165, 1.54) is 5.56 Å². The molecule has 3 aromatic rings. The molecule has 4 rings (SSSR count). The first-order valence-electron chi connectivity index (χ1n) is 10.5. The fourth-order valence-corrected chi connectivity index (χ4v) is 4.02. The Kier molecular flexibility index (Phi) is 5.47. The van der Waals surface area contributed by atoms with Gasteiger partial charge in [-0.15, -0.1) is 0 Å². The SMILES string of the molecule is CC[C@H](NC(=O)c1ccc2c(=O)n3c(nc2c1)CCCCC3)c1ccc(C)cc1. The van der Waals surface area contributed by atoms with Gasteiger partial charge in [-0.2, -0.15) is 0 Å². The molecule has 2 heterocycles. The lowest BCUT2D eigenvalue weighted by Gasteiger charge is -2.18. The first-order valence-corrected chi connectivity index (χ1v) is 10.5. The Balaban J connectivity index is 1.64. The number of hydrogen-bond acceptors (Lipinski definition) is 3. The Morgan fingerprint density at radius 1 is 1.14 bits per heavy atom. The highest BCUT2D eigenvalue weighted by Gasteiger charge is 2.17. The Morgan fingerprint density at radius 2 is 1.93 bits per heavy atom. The maximum atomic E-state index is 12.9. The molecule has 0 bridgehead atoms. The molecular formula is C24H27N3O2. The molecule has 0 aliphatic carbocycles. The van der Waals surface area contributed by atoms with Crippen molar-refractivity contribution in [3.05, 3.63) is 75.3 Å². The normalized spacial score (nSPS) is 14.8. The molecule has 1 aliphatic heterocycles. The van der Waals surface area contributed by atoms with E-state index in [0.29, 0.717) is 16.5 Å². The molecule has 1 N–H and O–H groups in total. The van der Waals surface area contributed by atoms with Gasteiger partial charge in [0.2, 0.25) is 0 Å². The van der Waals surface area contributed by atoms with E-state index in [-0.39, 0.29) is 17.5 Å². The summed E-state index contributed by atoms with van der Waals surface area (Å²) in [6, 6.07) is 13.4. The number of amides is 1. The van der Waals surface area contributed by atoms with Gasteiger partial charge in [-0.1, -0.05) is 43.2 Å². The summed E-state index contributed by atoms with van der Waals surface area (Å²) in [5.74, 6) is 0.694. The minimum absolute atomic E-state index is 0.00458. The summed E-state index contributed by atoms with van der Waals surface area (Å²) in [6.07, 6.45) is 4.79. The summed E-state index contributed by atoms with van der Waals surface area (Å²) in [5, 5.41) is 3.70. The van der Waals surface area contributed by atoms with Gasteiger partial charge in [0, 0.05) is 18.5 Å². The highest BCUT2D eigenvalue weighted by atomic mass is 16.1. The predicted molar refractivity (Wildman–Crippen MR) is 115 cm³/mol. The molecule has 0 spiro atoms. The average molecular weight is 389 g/mol. The number of carbonyl (C=O) groups is 1. The van der Waals surface area contributed by atoms with Crippen LogP contribution < -0.4 is 10.9 Å². The van der Waals surface area contributed by atoms with Crippen molar-refractivity contribution in [2.75, 3.05) is 0 Å². The molecular weight excluding hydrogens is 362 g/mol. The highest BCUT2D eigenvalue weighted by Crippen LogP contribution is 2.20. The number of nitrogens with one attached hydrogen (secondary N) is 1. The standard InChI is InChI=1S/C24H27N3O2/c1-3-20(17-10-8-16(2)9-11-17)26-23(28)18-12-13-19-21(15-18)25-22-7-5-4-6-14-27(22)24(19)29/h8-13,15,20H,3-7,14H2,1-2H3,(H,26,28)/t20-/m0/s1. The van der Waals surface area contributed by atoms with Crippen LogP contribution in [0.25, 0.3) is 10.9 Å². The number of rotatable bonds is 4. The Bertz CT molecular complexity index is 1100. The van der Waals surface area contributed by atoms with E-state index in [0.717, 1.165) is 50.0 Å². The van der Waals surface area contributed by atoms with Crippen LogP contribution in [-0.4, -0.2) is 15.5 Å². The van der Waals surface area contributed by atoms with Crippen molar-refractivity contribution in [1.82, 2.24) is 14.9 Å². The number of aryl methyl sites for hydroxylation is 2. The third-order valence-electron chi connectivity index (χ3n) is 5.77. The third kappa shape index (κ3) is 3.95. The van der Waals surface area contributed by atoms with Gasteiger partial charge in [0.05, 0.1) is 16.9 Å². The quantitative estimate of drug-likeness (QED) is 0.723. The fourth-order valence-electron chi connectivity index (χ4n) is 4.02. The summed E-state index contributed by atoms with van der Waals surface area (Å²) in [5.41, 5.74) is 3.44. The Hall–Kier alpha value is -2.95. The van der Waals surface area contributed by atoms with Crippen LogP contribution in [0.15, 0.2) is 47.3 Å². The van der Waals surface area contributed by atoms with E-state index in [2.05, 4.69) is 43.4 Å². The molecule has 1 atom stereocenters. The summed E-state index contributed by atoms with van der Waals surface area (Å²) < 4.78 is 1.81. The van der Waals surface area contributed by atoms with Gasteiger partial charge in [-0.3, -0.25) is 14.2 Å². The van der Waals surface area contributed by atoms with Crippen molar-refractivity contribution in [1.29, 1.82) is 0 Å². The second-order valence-corrected chi connectivity index (χ2v) is 7.87. The minimum atomic E-state index is -0.142. The average Bonchev–Trinajstić information content (AvgIpc) is 2.98. The summed E-state index contributed by atoms with van der Waals surface area (Å²) >= 11 is 0. The van der Waals surface area contributed by atoms with E-state index < -0.39 is 0 Å². The summed E-state index contributed by atoms with van der Waals surface area (Å²) in [6.45, 7) is 4.84. The monoisotopic (exact) mass is 389 g/mol. The van der Waals surface area contributed by atoms with Gasteiger partial charge in [-0.25, -0.2) is 4.98 Å². The maximum Gasteiger partial charge on any atom is 0.261 e. The van der Waals surface area contributed by atoms with Crippen molar-refractivity contribution >= 4 is 16.8 Å². The van der Waals surface area contributed by atoms with Crippen LogP contribution in [0.4, 0.5) is 0 Å². The van der Waals surface area contributed by atoms with Crippen LogP contribution in [0.2, 0.25) is 0 Å². The maximum absolute atomic E-state index is 12.9. The number of benzene rings is 2. The largest absolute Gasteiger partial charge is 0.345 e. The van der Waals surface area contributed by atoms with Crippen LogP contribution >= 0.6 is 0 Å². The molecule has 150 valence electrons. The first kappa shape index (κ1) is 19.4. The number of carbonyl (C=O) groups excluding carboxylic acids is 1.